The first-order valence-corrected chi connectivity index (χ1v) is 12.2. The summed E-state index contributed by atoms with van der Waals surface area (Å²) in [5, 5.41) is 2.17. The maximum absolute atomic E-state index is 13.3. The SMILES string of the molecule is Cc1nc(C)c2c(C)c(C(=O)N3CCN(C(C)c4nc5ccccc5s4)CC3)sc2n1. The summed E-state index contributed by atoms with van der Waals surface area (Å²) >= 11 is 3.26. The van der Waals surface area contributed by atoms with Crippen LogP contribution in [-0.4, -0.2) is 56.8 Å². The Kier molecular flexibility index (Phi) is 5.24. The number of fused-ring (bicyclic) bond motifs is 2. The van der Waals surface area contributed by atoms with Crippen LogP contribution in [0.2, 0.25) is 0 Å². The van der Waals surface area contributed by atoms with Gasteiger partial charge in [0.1, 0.15) is 15.7 Å². The molecule has 0 spiro atoms. The van der Waals surface area contributed by atoms with Gasteiger partial charge in [-0.2, -0.15) is 0 Å². The molecule has 1 aliphatic rings. The number of amides is 1. The van der Waals surface area contributed by atoms with E-state index in [0.29, 0.717) is 0 Å². The van der Waals surface area contributed by atoms with Crippen LogP contribution < -0.4 is 0 Å². The number of thiazole rings is 1. The van der Waals surface area contributed by atoms with Crippen LogP contribution in [0.15, 0.2) is 24.3 Å². The number of nitrogens with zero attached hydrogens (tertiary/aromatic N) is 5. The van der Waals surface area contributed by atoms with Gasteiger partial charge in [-0.05, 0) is 45.4 Å². The predicted molar refractivity (Wildman–Crippen MR) is 127 cm³/mol. The maximum atomic E-state index is 13.3. The molecule has 1 amide bonds. The molecule has 3 aromatic heterocycles. The van der Waals surface area contributed by atoms with Crippen molar-refractivity contribution >= 4 is 49.0 Å². The summed E-state index contributed by atoms with van der Waals surface area (Å²) in [6.45, 7) is 11.3. The summed E-state index contributed by atoms with van der Waals surface area (Å²) < 4.78 is 1.23. The van der Waals surface area contributed by atoms with Crippen LogP contribution in [0.3, 0.4) is 0 Å². The van der Waals surface area contributed by atoms with Gasteiger partial charge in [-0.25, -0.2) is 15.0 Å². The molecule has 1 unspecified atom stereocenters. The molecule has 0 bridgehead atoms. The fourth-order valence-electron chi connectivity index (χ4n) is 4.36. The molecule has 1 aromatic carbocycles. The highest BCUT2D eigenvalue weighted by atomic mass is 32.1. The average molecular weight is 452 g/mol. The topological polar surface area (TPSA) is 62.2 Å². The molecule has 0 N–H and O–H groups in total. The van der Waals surface area contributed by atoms with Crippen molar-refractivity contribution in [3.63, 3.8) is 0 Å². The molecule has 1 saturated heterocycles. The van der Waals surface area contributed by atoms with Crippen LogP contribution in [0.4, 0.5) is 0 Å². The minimum atomic E-state index is 0.116. The van der Waals surface area contributed by atoms with Crippen LogP contribution in [0.5, 0.6) is 0 Å². The van der Waals surface area contributed by atoms with Gasteiger partial charge in [0.2, 0.25) is 0 Å². The summed E-state index contributed by atoms with van der Waals surface area (Å²) in [6.07, 6.45) is 0. The lowest BCUT2D eigenvalue weighted by Gasteiger charge is -2.37. The molecule has 160 valence electrons. The molecular weight excluding hydrogens is 426 g/mol. The third-order valence-corrected chi connectivity index (χ3v) is 8.47. The summed E-state index contributed by atoms with van der Waals surface area (Å²) in [5.74, 6) is 0.868. The summed E-state index contributed by atoms with van der Waals surface area (Å²) in [4.78, 5) is 33.3. The van der Waals surface area contributed by atoms with Crippen molar-refractivity contribution in [3.8, 4) is 0 Å². The quantitative estimate of drug-likeness (QED) is 0.450. The molecule has 8 heteroatoms. The fourth-order valence-corrected chi connectivity index (χ4v) is 6.66. The van der Waals surface area contributed by atoms with Gasteiger partial charge >= 0.3 is 0 Å². The van der Waals surface area contributed by atoms with Crippen molar-refractivity contribution in [2.45, 2.75) is 33.7 Å². The van der Waals surface area contributed by atoms with Gasteiger partial charge in [0.25, 0.3) is 5.91 Å². The van der Waals surface area contributed by atoms with Gasteiger partial charge in [-0.1, -0.05) is 12.1 Å². The number of aryl methyl sites for hydroxylation is 3. The van der Waals surface area contributed by atoms with Crippen molar-refractivity contribution in [1.29, 1.82) is 0 Å². The Hall–Kier alpha value is -2.42. The third kappa shape index (κ3) is 3.62. The van der Waals surface area contributed by atoms with Gasteiger partial charge in [-0.15, -0.1) is 22.7 Å². The highest BCUT2D eigenvalue weighted by Gasteiger charge is 2.29. The zero-order valence-corrected chi connectivity index (χ0v) is 19.8. The number of rotatable bonds is 3. The van der Waals surface area contributed by atoms with E-state index in [1.54, 1.807) is 11.3 Å². The van der Waals surface area contributed by atoms with Crippen LogP contribution in [0.25, 0.3) is 20.4 Å². The Bertz CT molecular complexity index is 1250. The van der Waals surface area contributed by atoms with Crippen LogP contribution in [0, 0.1) is 20.8 Å². The number of thiophene rings is 1. The van der Waals surface area contributed by atoms with Crippen molar-refractivity contribution in [3.05, 3.63) is 51.2 Å². The van der Waals surface area contributed by atoms with Crippen LogP contribution in [-0.2, 0) is 0 Å². The largest absolute Gasteiger partial charge is 0.335 e. The van der Waals surface area contributed by atoms with Crippen molar-refractivity contribution in [2.75, 3.05) is 26.2 Å². The Labute approximate surface area is 189 Å². The fraction of sp³-hybridized carbons (Fsp3) is 0.391. The van der Waals surface area contributed by atoms with E-state index < -0.39 is 0 Å². The van der Waals surface area contributed by atoms with E-state index in [1.165, 1.54) is 16.0 Å². The van der Waals surface area contributed by atoms with Crippen molar-refractivity contribution < 1.29 is 4.79 Å². The highest BCUT2D eigenvalue weighted by Crippen LogP contribution is 2.33. The molecule has 1 fully saturated rings. The lowest BCUT2D eigenvalue weighted by molar-refractivity contribution is 0.0586. The van der Waals surface area contributed by atoms with Crippen molar-refractivity contribution in [2.24, 2.45) is 0 Å². The molecule has 1 atom stereocenters. The Morgan fingerprint density at radius 1 is 1.00 bits per heavy atom. The van der Waals surface area contributed by atoms with Crippen molar-refractivity contribution in [1.82, 2.24) is 24.8 Å². The minimum absolute atomic E-state index is 0.116. The number of carbonyl (C=O) groups is 1. The zero-order valence-electron chi connectivity index (χ0n) is 18.2. The number of hydrogen-bond donors (Lipinski definition) is 0. The second kappa shape index (κ2) is 7.93. The van der Waals surface area contributed by atoms with Gasteiger partial charge in [0.05, 0.1) is 21.1 Å². The Balaban J connectivity index is 1.31. The third-order valence-electron chi connectivity index (χ3n) is 6.09. The lowest BCUT2D eigenvalue weighted by atomic mass is 10.1. The molecule has 4 heterocycles. The highest BCUT2D eigenvalue weighted by molar-refractivity contribution is 7.20. The molecular formula is C23H25N5OS2. The average Bonchev–Trinajstić information content (AvgIpc) is 3.34. The molecule has 0 saturated carbocycles. The molecule has 31 heavy (non-hydrogen) atoms. The first-order chi connectivity index (χ1) is 14.9. The van der Waals surface area contributed by atoms with E-state index in [1.807, 2.05) is 31.7 Å². The Morgan fingerprint density at radius 2 is 1.74 bits per heavy atom. The maximum Gasteiger partial charge on any atom is 0.264 e. The van der Waals surface area contributed by atoms with Crippen LogP contribution in [0.1, 0.15) is 44.7 Å². The second-order valence-corrected chi connectivity index (χ2v) is 10.2. The van der Waals surface area contributed by atoms with E-state index in [9.17, 15) is 4.79 Å². The number of hydrogen-bond acceptors (Lipinski definition) is 7. The summed E-state index contributed by atoms with van der Waals surface area (Å²) in [6, 6.07) is 8.54. The minimum Gasteiger partial charge on any atom is -0.335 e. The normalized spacial score (nSPS) is 16.3. The first kappa shape index (κ1) is 20.5. The van der Waals surface area contributed by atoms with Gasteiger partial charge in [0.15, 0.2) is 0 Å². The van der Waals surface area contributed by atoms with Gasteiger partial charge < -0.3 is 4.90 Å². The summed E-state index contributed by atoms with van der Waals surface area (Å²) in [7, 11) is 0. The second-order valence-electron chi connectivity index (χ2n) is 8.12. The Morgan fingerprint density at radius 3 is 2.48 bits per heavy atom. The predicted octanol–water partition coefficient (Wildman–Crippen LogP) is 4.75. The van der Waals surface area contributed by atoms with E-state index >= 15 is 0 Å². The number of aromatic nitrogens is 3. The van der Waals surface area contributed by atoms with E-state index in [4.69, 9.17) is 4.98 Å². The van der Waals surface area contributed by atoms with E-state index in [2.05, 4.69) is 40.0 Å². The number of benzene rings is 1. The lowest BCUT2D eigenvalue weighted by Crippen LogP contribution is -2.49. The molecule has 1 aliphatic heterocycles. The van der Waals surface area contributed by atoms with Gasteiger partial charge in [0, 0.05) is 37.3 Å². The molecule has 5 rings (SSSR count). The van der Waals surface area contributed by atoms with Crippen LogP contribution >= 0.6 is 22.7 Å². The number of para-hydroxylation sites is 1. The summed E-state index contributed by atoms with van der Waals surface area (Å²) in [5.41, 5.74) is 3.02. The first-order valence-electron chi connectivity index (χ1n) is 10.6. The molecule has 0 radical (unpaired) electrons. The molecule has 4 aromatic rings. The monoisotopic (exact) mass is 451 g/mol. The van der Waals surface area contributed by atoms with E-state index in [0.717, 1.165) is 68.9 Å². The zero-order chi connectivity index (χ0) is 21.7. The molecule has 0 aliphatic carbocycles. The van der Waals surface area contributed by atoms with E-state index in [-0.39, 0.29) is 11.9 Å². The van der Waals surface area contributed by atoms with Gasteiger partial charge in [-0.3, -0.25) is 9.69 Å². The smallest absolute Gasteiger partial charge is 0.264 e. The number of carbonyl (C=O) groups excluding carboxylic acids is 1. The molecule has 6 nitrogen and oxygen atoms in total. The number of piperazine rings is 1. The standard InChI is InChI=1S/C23H25N5OS2/c1-13-19-14(2)24-16(4)25-22(19)31-20(13)23(29)28-11-9-27(10-12-28)15(3)21-26-17-7-5-6-8-18(17)30-21/h5-8,15H,9-12H2,1-4H3.